The molecule has 0 atom stereocenters. The van der Waals surface area contributed by atoms with Gasteiger partial charge in [-0.1, -0.05) is 48.9 Å². The number of hydrogen-bond acceptors (Lipinski definition) is 18. The predicted molar refractivity (Wildman–Crippen MR) is 322 cm³/mol. The van der Waals surface area contributed by atoms with Crippen LogP contribution in [0.3, 0.4) is 0 Å². The lowest BCUT2D eigenvalue weighted by atomic mass is 9.86. The molecule has 0 aromatic heterocycles. The summed E-state index contributed by atoms with van der Waals surface area (Å²) >= 11 is 0. The van der Waals surface area contributed by atoms with Gasteiger partial charge in [0.25, 0.3) is 0 Å². The standard InChI is InChI=1S/C26H30O7.C22H22O5.C10H12O4.C6H10O.CH4O.ClH/c1-30-17-32-24-9-7-19(15-25(24)31-2)13-22-5-3-4-21(26(22)28)12-18-6-8-20(10-11-33-29)23(14-18)16-27;1-27-21-12-15(6-8-20(21)25)10-17-4-2-3-16(22(17)26)9-14-5-7-19(24)18(11-14)13-23;11-6-8-1-2-9(3-4-14-13)10(5-8)7-12;7-6-4-2-1-3-5-6;1-2;/h6-9,12-15,27,29H,3-5,10-11,16-17H2,1-2H3;5-12,23-25H,2-4,13H2,1H3;1-2,5-6,12-13H,3-4,7H2;1-5H2;2H,1H3;1H/b21-12+,22-13+;16-9+,17-10+;;;;. The Hall–Kier alpha value is -7.33. The van der Waals surface area contributed by atoms with Crippen LogP contribution >= 0.6 is 12.4 Å². The van der Waals surface area contributed by atoms with Gasteiger partial charge in [0.1, 0.15) is 17.8 Å². The molecule has 18 nitrogen and oxygen atoms in total. The van der Waals surface area contributed by atoms with Crippen molar-refractivity contribution in [3.63, 3.8) is 0 Å². The van der Waals surface area contributed by atoms with Gasteiger partial charge >= 0.3 is 0 Å². The average molecular weight is 1180 g/mol. The van der Waals surface area contributed by atoms with Gasteiger partial charge in [-0.3, -0.25) is 29.7 Å². The Bertz CT molecular complexity index is 2870. The van der Waals surface area contributed by atoms with E-state index in [1.165, 1.54) is 19.6 Å². The summed E-state index contributed by atoms with van der Waals surface area (Å²) < 4.78 is 21.0. The Morgan fingerprint density at radius 3 is 1.27 bits per heavy atom. The molecule has 0 radical (unpaired) electrons. The fourth-order valence-corrected chi connectivity index (χ4v) is 9.28. The molecular formula is C65H79ClO18. The molecule has 8 N–H and O–H groups in total. The van der Waals surface area contributed by atoms with Crippen molar-refractivity contribution in [2.75, 3.05) is 48.4 Å². The zero-order valence-electron chi connectivity index (χ0n) is 48.1. The first kappa shape index (κ1) is 70.9. The fraction of sp³-hybridized carbons (Fsp3) is 0.354. The third-order valence-corrected chi connectivity index (χ3v) is 13.6. The first-order valence-corrected chi connectivity index (χ1v) is 27.2. The number of phenolic OH excluding ortho intramolecular Hbond substituents is 1. The number of hydrogen-bond donors (Lipinski definition) is 8. The maximum absolute atomic E-state index is 13.2. The molecule has 0 unspecified atom stereocenters. The van der Waals surface area contributed by atoms with E-state index in [1.807, 2.05) is 54.6 Å². The number of Topliss-reactive ketones (excluding diaryl/α,β-unsaturated/α-hetero) is 3. The number of rotatable bonds is 19. The summed E-state index contributed by atoms with van der Waals surface area (Å²) in [6, 6.07) is 26.1. The Labute approximate surface area is 496 Å². The number of aliphatic hydroxyl groups is 4. The molecule has 0 aliphatic heterocycles. The van der Waals surface area contributed by atoms with Crippen molar-refractivity contribution >= 4 is 60.3 Å². The largest absolute Gasteiger partial charge is 0.508 e. The average Bonchev–Trinajstić information content (AvgIpc) is 3.57. The van der Waals surface area contributed by atoms with E-state index in [9.17, 15) is 39.6 Å². The van der Waals surface area contributed by atoms with Crippen LogP contribution in [0.4, 0.5) is 0 Å². The quantitative estimate of drug-likeness (QED) is 0.0125. The SMILES string of the molecule is CO.COCOc1ccc(/C=C2\CCC/C(=C\c3ccc(CCOO)c(CO)c3)C2=O)cc1OC.COc1cc(/C=C2\CCC/C(=C\c3ccc(O)c(CO)c3)C2=O)ccc1O.Cl.O=C1CCCCC1.O=Cc1ccc(CCOO)c(CO)c1. The van der Waals surface area contributed by atoms with Gasteiger partial charge in [-0.15, -0.1) is 12.4 Å². The van der Waals surface area contributed by atoms with Crippen LogP contribution < -0.4 is 14.2 Å². The van der Waals surface area contributed by atoms with E-state index in [2.05, 4.69) is 9.78 Å². The molecule has 454 valence electrons. The minimum atomic E-state index is -0.259. The van der Waals surface area contributed by atoms with Crippen LogP contribution in [0.2, 0.25) is 0 Å². The smallest absolute Gasteiger partial charge is 0.188 e. The third-order valence-electron chi connectivity index (χ3n) is 13.6. The monoisotopic (exact) mass is 1180 g/mol. The number of aromatic hydroxyl groups is 2. The van der Waals surface area contributed by atoms with Crippen LogP contribution in [0.25, 0.3) is 24.3 Å². The molecule has 5 aromatic rings. The highest BCUT2D eigenvalue weighted by atomic mass is 35.5. The van der Waals surface area contributed by atoms with Gasteiger partial charge < -0.3 is 49.6 Å². The van der Waals surface area contributed by atoms with Crippen molar-refractivity contribution in [1.82, 2.24) is 0 Å². The van der Waals surface area contributed by atoms with Crippen LogP contribution in [0, 0.1) is 0 Å². The van der Waals surface area contributed by atoms with Gasteiger partial charge in [-0.25, -0.2) is 9.78 Å². The Balaban J connectivity index is 0.000000322. The number of ether oxygens (including phenoxy) is 4. The summed E-state index contributed by atoms with van der Waals surface area (Å²) in [6.07, 6.45) is 18.9. The molecule has 0 bridgehead atoms. The van der Waals surface area contributed by atoms with Crippen molar-refractivity contribution in [1.29, 1.82) is 0 Å². The minimum absolute atomic E-state index is 0. The molecule has 3 fully saturated rings. The third kappa shape index (κ3) is 22.7. The summed E-state index contributed by atoms with van der Waals surface area (Å²) in [5.41, 5.74) is 10.4. The number of halogens is 1. The minimum Gasteiger partial charge on any atom is -0.508 e. The second-order valence-electron chi connectivity index (χ2n) is 19.2. The van der Waals surface area contributed by atoms with Crippen LogP contribution in [0.15, 0.2) is 113 Å². The molecule has 84 heavy (non-hydrogen) atoms. The normalized spacial score (nSPS) is 15.7. The Morgan fingerprint density at radius 2 is 0.857 bits per heavy atom. The van der Waals surface area contributed by atoms with Crippen molar-refractivity contribution < 1.29 is 89.1 Å². The number of aldehydes is 1. The highest BCUT2D eigenvalue weighted by molar-refractivity contribution is 6.14. The molecule has 3 aliphatic carbocycles. The van der Waals surface area contributed by atoms with E-state index in [1.54, 1.807) is 68.8 Å². The fourth-order valence-electron chi connectivity index (χ4n) is 9.28. The Kier molecular flexibility index (Phi) is 33.2. The number of ketones is 3. The number of carbonyl (C=O) groups is 4. The molecule has 0 saturated heterocycles. The maximum atomic E-state index is 13.2. The lowest BCUT2D eigenvalue weighted by Gasteiger charge is -2.17. The maximum Gasteiger partial charge on any atom is 0.188 e. The lowest BCUT2D eigenvalue weighted by Crippen LogP contribution is -2.12. The molecule has 0 amide bonds. The van der Waals surface area contributed by atoms with Gasteiger partial charge in [0.05, 0.1) is 47.3 Å². The number of benzene rings is 5. The number of phenols is 2. The molecule has 3 aliphatic rings. The van der Waals surface area contributed by atoms with Gasteiger partial charge in [-0.05, 0) is 182 Å². The summed E-state index contributed by atoms with van der Waals surface area (Å²) in [7, 11) is 5.61. The predicted octanol–water partition coefficient (Wildman–Crippen LogP) is 10.8. The summed E-state index contributed by atoms with van der Waals surface area (Å²) in [5, 5.41) is 71.1. The summed E-state index contributed by atoms with van der Waals surface area (Å²) in [5.74, 6) is 2.10. The molecule has 0 spiro atoms. The zero-order chi connectivity index (χ0) is 60.5. The van der Waals surface area contributed by atoms with Crippen molar-refractivity contribution in [2.24, 2.45) is 0 Å². The van der Waals surface area contributed by atoms with Crippen LogP contribution in [0.5, 0.6) is 28.7 Å². The van der Waals surface area contributed by atoms with Crippen LogP contribution in [-0.4, -0.2) is 113 Å². The van der Waals surface area contributed by atoms with E-state index in [4.69, 9.17) is 39.7 Å². The van der Waals surface area contributed by atoms with Crippen LogP contribution in [0.1, 0.15) is 131 Å². The lowest BCUT2D eigenvalue weighted by molar-refractivity contribution is -0.241. The van der Waals surface area contributed by atoms with E-state index in [0.717, 1.165) is 102 Å². The molecule has 19 heteroatoms. The second kappa shape index (κ2) is 39.3. The van der Waals surface area contributed by atoms with Gasteiger partial charge in [0, 0.05) is 60.5 Å². The van der Waals surface area contributed by atoms with Crippen molar-refractivity contribution in [2.45, 2.75) is 103 Å². The molecule has 8 rings (SSSR count). The zero-order valence-corrected chi connectivity index (χ0v) is 48.9. The van der Waals surface area contributed by atoms with E-state index in [-0.39, 0.29) is 75.3 Å². The molecule has 5 aromatic carbocycles. The van der Waals surface area contributed by atoms with E-state index < -0.39 is 0 Å². The highest BCUT2D eigenvalue weighted by Crippen LogP contribution is 2.34. The van der Waals surface area contributed by atoms with Crippen molar-refractivity contribution in [3.05, 3.63) is 169 Å². The van der Waals surface area contributed by atoms with Gasteiger partial charge in [0.2, 0.25) is 0 Å². The molecular weight excluding hydrogens is 1100 g/mol. The second-order valence-corrected chi connectivity index (χ2v) is 19.2. The van der Waals surface area contributed by atoms with Crippen LogP contribution in [-0.2, 0) is 61.6 Å². The first-order chi connectivity index (χ1) is 40.3. The number of allylic oxidation sites excluding steroid dienone is 4. The summed E-state index contributed by atoms with van der Waals surface area (Å²) in [6.45, 7) is -0.0503. The topological polar surface area (TPSA) is 286 Å². The Morgan fingerprint density at radius 1 is 0.452 bits per heavy atom. The molecule has 0 heterocycles. The van der Waals surface area contributed by atoms with Gasteiger partial charge in [0.15, 0.2) is 41.4 Å². The number of carbonyl (C=O) groups excluding carboxylic acids is 4. The molecule has 3 saturated carbocycles. The van der Waals surface area contributed by atoms with Gasteiger partial charge in [-0.2, -0.15) is 0 Å². The van der Waals surface area contributed by atoms with Crippen molar-refractivity contribution in [3.8, 4) is 28.7 Å². The number of methoxy groups -OCH3 is 3. The van der Waals surface area contributed by atoms with E-state index >= 15 is 0 Å². The first-order valence-electron chi connectivity index (χ1n) is 27.2. The highest BCUT2D eigenvalue weighted by Gasteiger charge is 2.23. The van der Waals surface area contributed by atoms with E-state index in [0.29, 0.717) is 89.4 Å². The summed E-state index contributed by atoms with van der Waals surface area (Å²) in [4.78, 5) is 55.0. The number of aliphatic hydroxyl groups excluding tert-OH is 4.